The van der Waals surface area contributed by atoms with Crippen LogP contribution in [-0.4, -0.2) is 30.2 Å². The highest BCUT2D eigenvalue weighted by atomic mass is 35.5. The zero-order chi connectivity index (χ0) is 18.7. The van der Waals surface area contributed by atoms with E-state index in [9.17, 15) is 19.2 Å². The molecule has 0 bridgehead atoms. The average Bonchev–Trinajstić information content (AvgIpc) is 2.98. The Hall–Kier alpha value is -3.25. The number of Topliss-reactive ketones (excluding diaryl/α,β-unsaturated/α-hetero) is 1. The molecule has 0 radical (unpaired) electrons. The van der Waals surface area contributed by atoms with E-state index in [1.54, 1.807) is 24.3 Å². The van der Waals surface area contributed by atoms with E-state index in [0.717, 1.165) is 4.90 Å². The lowest BCUT2D eigenvalue weighted by Gasteiger charge is -2.13. The van der Waals surface area contributed by atoms with Gasteiger partial charge in [0.25, 0.3) is 11.8 Å². The lowest BCUT2D eigenvalue weighted by Crippen LogP contribution is -2.29. The molecule has 6 nitrogen and oxygen atoms in total. The van der Waals surface area contributed by atoms with Gasteiger partial charge in [0.2, 0.25) is 0 Å². The number of carbonyl (C=O) groups is 4. The van der Waals surface area contributed by atoms with Crippen LogP contribution >= 0.6 is 11.6 Å². The van der Waals surface area contributed by atoms with Gasteiger partial charge in [-0.1, -0.05) is 11.6 Å². The van der Waals surface area contributed by atoms with Crippen LogP contribution in [0.5, 0.6) is 0 Å². The van der Waals surface area contributed by atoms with Gasteiger partial charge in [-0.05, 0) is 48.5 Å². The lowest BCUT2D eigenvalue weighted by molar-refractivity contribution is -0.119. The smallest absolute Gasteiger partial charge is 0.338 e. The summed E-state index contributed by atoms with van der Waals surface area (Å²) in [6.45, 7) is -0.408. The summed E-state index contributed by atoms with van der Waals surface area (Å²) in [5.74, 6) is -1.93. The summed E-state index contributed by atoms with van der Waals surface area (Å²) in [7, 11) is 0. The maximum absolute atomic E-state index is 12.0. The Morgan fingerprint density at radius 2 is 1.38 bits per heavy atom. The maximum Gasteiger partial charge on any atom is 0.338 e. The van der Waals surface area contributed by atoms with Gasteiger partial charge >= 0.3 is 5.97 Å². The van der Waals surface area contributed by atoms with Gasteiger partial charge in [-0.25, -0.2) is 9.69 Å². The summed E-state index contributed by atoms with van der Waals surface area (Å²) in [5, 5.41) is 0.504. The largest absolute Gasteiger partial charge is 0.454 e. The molecule has 0 saturated heterocycles. The first-order chi connectivity index (χ1) is 12.5. The van der Waals surface area contributed by atoms with E-state index >= 15 is 0 Å². The van der Waals surface area contributed by atoms with Gasteiger partial charge in [0, 0.05) is 22.7 Å². The Morgan fingerprint density at radius 1 is 0.846 bits per heavy atom. The predicted molar refractivity (Wildman–Crippen MR) is 94.1 cm³/mol. The highest BCUT2D eigenvalue weighted by Crippen LogP contribution is 2.20. The van der Waals surface area contributed by atoms with Crippen molar-refractivity contribution in [3.8, 4) is 0 Å². The minimum Gasteiger partial charge on any atom is -0.454 e. The number of rotatable bonds is 5. The molecular weight excluding hydrogens is 358 g/mol. The molecule has 0 aromatic heterocycles. The van der Waals surface area contributed by atoms with Crippen molar-refractivity contribution in [1.82, 2.24) is 0 Å². The molecule has 0 fully saturated rings. The number of ether oxygens (including phenoxy) is 1. The van der Waals surface area contributed by atoms with E-state index in [1.807, 2.05) is 0 Å². The summed E-state index contributed by atoms with van der Waals surface area (Å²) in [4.78, 5) is 48.2. The Morgan fingerprint density at radius 3 is 1.96 bits per heavy atom. The number of hydrogen-bond donors (Lipinski definition) is 0. The molecule has 2 aromatic carbocycles. The summed E-state index contributed by atoms with van der Waals surface area (Å²) in [6.07, 6.45) is 2.35. The standard InChI is InChI=1S/C19H12ClNO5/c20-14-5-1-12(2-6-14)16(22)11-26-19(25)13-3-7-15(8-4-13)21-17(23)9-10-18(21)24/h1-10H,11H2. The van der Waals surface area contributed by atoms with Crippen molar-refractivity contribution < 1.29 is 23.9 Å². The first kappa shape index (κ1) is 17.6. The molecule has 7 heteroatoms. The molecule has 1 heterocycles. The minimum atomic E-state index is -0.684. The van der Waals surface area contributed by atoms with Gasteiger partial charge in [0.15, 0.2) is 12.4 Å². The average molecular weight is 370 g/mol. The minimum absolute atomic E-state index is 0.199. The van der Waals surface area contributed by atoms with Gasteiger partial charge < -0.3 is 4.74 Å². The molecule has 2 amide bonds. The van der Waals surface area contributed by atoms with E-state index in [1.165, 1.54) is 36.4 Å². The number of esters is 1. The molecule has 3 rings (SSSR count). The van der Waals surface area contributed by atoms with Crippen LogP contribution in [0.3, 0.4) is 0 Å². The third-order valence-corrected chi connectivity index (χ3v) is 3.92. The summed E-state index contributed by atoms with van der Waals surface area (Å²) < 4.78 is 5.00. The van der Waals surface area contributed by atoms with Crippen LogP contribution in [-0.2, 0) is 14.3 Å². The monoisotopic (exact) mass is 369 g/mol. The molecule has 130 valence electrons. The number of imide groups is 1. The van der Waals surface area contributed by atoms with E-state index in [2.05, 4.69) is 0 Å². The summed E-state index contributed by atoms with van der Waals surface area (Å²) >= 11 is 5.76. The van der Waals surface area contributed by atoms with Crippen LogP contribution in [0.15, 0.2) is 60.7 Å². The second kappa shape index (κ2) is 7.33. The van der Waals surface area contributed by atoms with Crippen molar-refractivity contribution in [3.05, 3.63) is 76.8 Å². The molecule has 1 aliphatic rings. The molecule has 0 aliphatic carbocycles. The Balaban J connectivity index is 1.61. The first-order valence-corrected chi connectivity index (χ1v) is 7.95. The number of halogens is 1. The van der Waals surface area contributed by atoms with Gasteiger partial charge in [0.1, 0.15) is 0 Å². The SMILES string of the molecule is O=C(COC(=O)c1ccc(N2C(=O)C=CC2=O)cc1)c1ccc(Cl)cc1. The zero-order valence-electron chi connectivity index (χ0n) is 13.3. The van der Waals surface area contributed by atoms with Crippen molar-refractivity contribution in [2.24, 2.45) is 0 Å². The van der Waals surface area contributed by atoms with Crippen LogP contribution in [0.2, 0.25) is 5.02 Å². The second-order valence-electron chi connectivity index (χ2n) is 5.40. The van der Waals surface area contributed by atoms with Crippen LogP contribution in [0.25, 0.3) is 0 Å². The number of carbonyl (C=O) groups excluding carboxylic acids is 4. The Bertz CT molecular complexity index is 898. The number of anilines is 1. The van der Waals surface area contributed by atoms with Gasteiger partial charge in [0.05, 0.1) is 11.3 Å². The number of amides is 2. The van der Waals surface area contributed by atoms with E-state index in [-0.39, 0.29) is 11.3 Å². The fraction of sp³-hybridized carbons (Fsp3) is 0.0526. The quantitative estimate of drug-likeness (QED) is 0.460. The van der Waals surface area contributed by atoms with Gasteiger partial charge in [-0.15, -0.1) is 0 Å². The van der Waals surface area contributed by atoms with Crippen molar-refractivity contribution in [2.75, 3.05) is 11.5 Å². The highest BCUT2D eigenvalue weighted by molar-refractivity contribution is 6.30. The predicted octanol–water partition coefficient (Wildman–Crippen LogP) is 2.81. The zero-order valence-corrected chi connectivity index (χ0v) is 14.1. The van der Waals surface area contributed by atoms with Crippen LogP contribution in [0, 0.1) is 0 Å². The second-order valence-corrected chi connectivity index (χ2v) is 5.83. The van der Waals surface area contributed by atoms with E-state index in [0.29, 0.717) is 16.3 Å². The first-order valence-electron chi connectivity index (χ1n) is 7.58. The number of hydrogen-bond acceptors (Lipinski definition) is 5. The molecule has 0 N–H and O–H groups in total. The molecule has 0 atom stereocenters. The number of benzene rings is 2. The topological polar surface area (TPSA) is 80.8 Å². The van der Waals surface area contributed by atoms with Gasteiger partial charge in [-0.3, -0.25) is 14.4 Å². The molecule has 0 saturated carbocycles. The van der Waals surface area contributed by atoms with Crippen LogP contribution < -0.4 is 4.90 Å². The van der Waals surface area contributed by atoms with Crippen LogP contribution in [0.1, 0.15) is 20.7 Å². The molecule has 0 spiro atoms. The summed E-state index contributed by atoms with van der Waals surface area (Å²) in [6, 6.07) is 12.0. The summed E-state index contributed by atoms with van der Waals surface area (Å²) in [5.41, 5.74) is 0.930. The molecule has 1 aliphatic heterocycles. The van der Waals surface area contributed by atoms with Crippen molar-refractivity contribution in [3.63, 3.8) is 0 Å². The lowest BCUT2D eigenvalue weighted by atomic mass is 10.1. The van der Waals surface area contributed by atoms with Crippen molar-refractivity contribution >= 4 is 40.9 Å². The fourth-order valence-electron chi connectivity index (χ4n) is 2.33. The normalized spacial score (nSPS) is 13.2. The van der Waals surface area contributed by atoms with E-state index in [4.69, 9.17) is 16.3 Å². The highest BCUT2D eigenvalue weighted by Gasteiger charge is 2.25. The van der Waals surface area contributed by atoms with Crippen molar-refractivity contribution in [1.29, 1.82) is 0 Å². The Labute approximate surface area is 153 Å². The third kappa shape index (κ3) is 3.70. The third-order valence-electron chi connectivity index (χ3n) is 3.67. The number of ketones is 1. The maximum atomic E-state index is 12.0. The molecule has 2 aromatic rings. The molecule has 0 unspecified atom stereocenters. The van der Waals surface area contributed by atoms with Crippen molar-refractivity contribution in [2.45, 2.75) is 0 Å². The molecular formula is C19H12ClNO5. The number of nitrogens with zero attached hydrogens (tertiary/aromatic N) is 1. The van der Waals surface area contributed by atoms with Gasteiger partial charge in [-0.2, -0.15) is 0 Å². The fourth-order valence-corrected chi connectivity index (χ4v) is 2.46. The Kier molecular flexibility index (Phi) is 4.95. The van der Waals surface area contributed by atoms with E-state index < -0.39 is 24.4 Å². The molecule has 26 heavy (non-hydrogen) atoms. The van der Waals surface area contributed by atoms with Crippen LogP contribution in [0.4, 0.5) is 5.69 Å².